The molecule has 5 heteroatoms. The minimum atomic E-state index is -0.362. The molecule has 0 aliphatic heterocycles. The topological polar surface area (TPSA) is 17.1 Å². The molecule has 0 spiro atoms. The maximum atomic E-state index is 13.1. The molecule has 0 amide bonds. The van der Waals surface area contributed by atoms with E-state index in [-0.39, 0.29) is 31.3 Å². The fourth-order valence-corrected chi connectivity index (χ4v) is 4.48. The third-order valence-electron chi connectivity index (χ3n) is 4.18. The van der Waals surface area contributed by atoms with Gasteiger partial charge in [-0.1, -0.05) is 73.1 Å². The van der Waals surface area contributed by atoms with Crippen molar-refractivity contribution in [2.75, 3.05) is 0 Å². The van der Waals surface area contributed by atoms with E-state index in [1.165, 1.54) is 6.07 Å². The molecule has 1 fully saturated rings. The van der Waals surface area contributed by atoms with Crippen molar-refractivity contribution < 1.29 is 4.79 Å². The second kappa shape index (κ2) is 6.66. The SMILES string of the molecule is CC(C)CC1(C(=O)c2c(Cl)cc(Cl)c(Cl)c2Cl)CCCC1. The summed E-state index contributed by atoms with van der Waals surface area (Å²) in [6, 6.07) is 1.50. The summed E-state index contributed by atoms with van der Waals surface area (Å²) >= 11 is 24.5. The van der Waals surface area contributed by atoms with Crippen LogP contribution in [-0.2, 0) is 0 Å². The van der Waals surface area contributed by atoms with Crippen LogP contribution in [0.4, 0.5) is 0 Å². The van der Waals surface area contributed by atoms with Gasteiger partial charge in [0.15, 0.2) is 5.78 Å². The second-order valence-corrected chi connectivity index (χ2v) is 7.83. The average molecular weight is 368 g/mol. The third-order valence-corrected chi connectivity index (χ3v) is 5.74. The Balaban J connectivity index is 2.50. The smallest absolute Gasteiger partial charge is 0.172 e. The molecule has 0 saturated heterocycles. The summed E-state index contributed by atoms with van der Waals surface area (Å²) in [7, 11) is 0. The quantitative estimate of drug-likeness (QED) is 0.315. The Labute approximate surface area is 145 Å². The molecule has 1 saturated carbocycles. The highest BCUT2D eigenvalue weighted by molar-refractivity contribution is 6.51. The number of hydrogen-bond donors (Lipinski definition) is 0. The van der Waals surface area contributed by atoms with E-state index >= 15 is 0 Å². The number of carbonyl (C=O) groups is 1. The van der Waals surface area contributed by atoms with Crippen molar-refractivity contribution in [1.29, 1.82) is 0 Å². The van der Waals surface area contributed by atoms with E-state index in [2.05, 4.69) is 13.8 Å². The Morgan fingerprint density at radius 3 is 2.19 bits per heavy atom. The molecule has 0 aromatic heterocycles. The molecule has 0 unspecified atom stereocenters. The fourth-order valence-electron chi connectivity index (χ4n) is 3.40. The van der Waals surface area contributed by atoms with Crippen molar-refractivity contribution in [3.63, 3.8) is 0 Å². The number of carbonyl (C=O) groups excluding carboxylic acids is 1. The summed E-state index contributed by atoms with van der Waals surface area (Å²) < 4.78 is 0. The van der Waals surface area contributed by atoms with Gasteiger partial charge < -0.3 is 0 Å². The minimum Gasteiger partial charge on any atom is -0.293 e. The van der Waals surface area contributed by atoms with Crippen molar-refractivity contribution in [1.82, 2.24) is 0 Å². The highest BCUT2D eigenvalue weighted by atomic mass is 35.5. The van der Waals surface area contributed by atoms with Gasteiger partial charge in [0.2, 0.25) is 0 Å². The number of halogens is 4. The normalized spacial score (nSPS) is 17.5. The summed E-state index contributed by atoms with van der Waals surface area (Å²) in [5.74, 6) is 0.453. The molecule has 2 rings (SSSR count). The van der Waals surface area contributed by atoms with Crippen LogP contribution >= 0.6 is 46.4 Å². The zero-order valence-electron chi connectivity index (χ0n) is 12.1. The fraction of sp³-hybridized carbons (Fsp3) is 0.562. The number of ketones is 1. The molecule has 1 aliphatic rings. The van der Waals surface area contributed by atoms with Crippen molar-refractivity contribution in [3.8, 4) is 0 Å². The van der Waals surface area contributed by atoms with Crippen molar-refractivity contribution in [2.24, 2.45) is 11.3 Å². The van der Waals surface area contributed by atoms with Gasteiger partial charge >= 0.3 is 0 Å². The van der Waals surface area contributed by atoms with Gasteiger partial charge in [-0.05, 0) is 31.2 Å². The van der Waals surface area contributed by atoms with E-state index in [1.807, 2.05) is 0 Å². The van der Waals surface area contributed by atoms with Crippen LogP contribution in [0.1, 0.15) is 56.3 Å². The first-order valence-corrected chi connectivity index (χ1v) is 8.67. The molecule has 21 heavy (non-hydrogen) atoms. The standard InChI is InChI=1S/C16H18Cl4O/c1-9(2)8-16(5-3-4-6-16)15(21)12-10(17)7-11(18)13(19)14(12)20/h7,9H,3-6,8H2,1-2H3. The Morgan fingerprint density at radius 2 is 1.67 bits per heavy atom. The predicted molar refractivity (Wildman–Crippen MR) is 91.2 cm³/mol. The van der Waals surface area contributed by atoms with Gasteiger partial charge in [0.05, 0.1) is 25.7 Å². The molecule has 0 N–H and O–H groups in total. The number of benzene rings is 1. The highest BCUT2D eigenvalue weighted by Crippen LogP contribution is 2.49. The largest absolute Gasteiger partial charge is 0.293 e. The van der Waals surface area contributed by atoms with Crippen molar-refractivity contribution >= 4 is 52.2 Å². The summed E-state index contributed by atoms with van der Waals surface area (Å²) in [5.41, 5.74) is -0.0335. The van der Waals surface area contributed by atoms with Crippen LogP contribution in [0.3, 0.4) is 0 Å². The maximum Gasteiger partial charge on any atom is 0.172 e. The molecule has 116 valence electrons. The summed E-state index contributed by atoms with van der Waals surface area (Å²) in [6.07, 6.45) is 4.75. The van der Waals surface area contributed by atoms with Crippen LogP contribution in [0.25, 0.3) is 0 Å². The number of rotatable bonds is 4. The van der Waals surface area contributed by atoms with Crippen molar-refractivity contribution in [3.05, 3.63) is 31.7 Å². The minimum absolute atomic E-state index is 0.0160. The van der Waals surface area contributed by atoms with Crippen LogP contribution in [0.15, 0.2) is 6.07 Å². The van der Waals surface area contributed by atoms with E-state index in [1.54, 1.807) is 0 Å². The molecular formula is C16H18Cl4O. The third kappa shape index (κ3) is 3.37. The second-order valence-electron chi connectivity index (χ2n) is 6.26. The lowest BCUT2D eigenvalue weighted by molar-refractivity contribution is 0.0760. The van der Waals surface area contributed by atoms with Crippen molar-refractivity contribution in [2.45, 2.75) is 46.0 Å². The summed E-state index contributed by atoms with van der Waals surface area (Å²) in [6.45, 7) is 4.26. The zero-order valence-corrected chi connectivity index (χ0v) is 15.1. The Kier molecular flexibility index (Phi) is 5.52. The lowest BCUT2D eigenvalue weighted by Crippen LogP contribution is -2.30. The predicted octanol–water partition coefficient (Wildman–Crippen LogP) is 7.09. The molecule has 1 aromatic rings. The van der Waals surface area contributed by atoms with E-state index in [9.17, 15) is 4.79 Å². The van der Waals surface area contributed by atoms with Gasteiger partial charge in [-0.15, -0.1) is 0 Å². The molecule has 1 nitrogen and oxygen atoms in total. The van der Waals surface area contributed by atoms with Gasteiger partial charge in [0.25, 0.3) is 0 Å². The highest BCUT2D eigenvalue weighted by Gasteiger charge is 2.43. The van der Waals surface area contributed by atoms with Crippen LogP contribution in [0, 0.1) is 11.3 Å². The lowest BCUT2D eigenvalue weighted by atomic mass is 9.73. The maximum absolute atomic E-state index is 13.1. The molecule has 0 atom stereocenters. The molecule has 0 bridgehead atoms. The Bertz CT molecular complexity index is 560. The Hall–Kier alpha value is 0.0500. The molecular weight excluding hydrogens is 350 g/mol. The van der Waals surface area contributed by atoms with Crippen LogP contribution in [0.2, 0.25) is 20.1 Å². The molecule has 1 aliphatic carbocycles. The van der Waals surface area contributed by atoms with E-state index in [0.29, 0.717) is 11.5 Å². The van der Waals surface area contributed by atoms with Gasteiger partial charge in [0, 0.05) is 5.41 Å². The first-order valence-electron chi connectivity index (χ1n) is 7.16. The van der Waals surface area contributed by atoms with Gasteiger partial charge in [-0.3, -0.25) is 4.79 Å². The van der Waals surface area contributed by atoms with E-state index in [0.717, 1.165) is 32.1 Å². The summed E-state index contributed by atoms with van der Waals surface area (Å²) in [4.78, 5) is 13.1. The van der Waals surface area contributed by atoms with E-state index < -0.39 is 0 Å². The van der Waals surface area contributed by atoms with Gasteiger partial charge in [-0.25, -0.2) is 0 Å². The number of Topliss-reactive ketones (excluding diaryl/α,β-unsaturated/α-hetero) is 1. The molecule has 0 heterocycles. The number of hydrogen-bond acceptors (Lipinski definition) is 1. The Morgan fingerprint density at radius 1 is 1.10 bits per heavy atom. The van der Waals surface area contributed by atoms with Crippen LogP contribution in [0.5, 0.6) is 0 Å². The average Bonchev–Trinajstić information content (AvgIpc) is 2.85. The van der Waals surface area contributed by atoms with Crippen LogP contribution in [-0.4, -0.2) is 5.78 Å². The lowest BCUT2D eigenvalue weighted by Gasteiger charge is -2.30. The first kappa shape index (κ1) is 17.4. The zero-order chi connectivity index (χ0) is 15.8. The molecule has 0 radical (unpaired) electrons. The first-order chi connectivity index (χ1) is 9.78. The van der Waals surface area contributed by atoms with Gasteiger partial charge in [-0.2, -0.15) is 0 Å². The molecule has 1 aromatic carbocycles. The summed E-state index contributed by atoms with van der Waals surface area (Å²) in [5, 5.41) is 0.931. The monoisotopic (exact) mass is 366 g/mol. The van der Waals surface area contributed by atoms with Gasteiger partial charge in [0.1, 0.15) is 0 Å². The van der Waals surface area contributed by atoms with E-state index in [4.69, 9.17) is 46.4 Å². The van der Waals surface area contributed by atoms with Crippen LogP contribution < -0.4 is 0 Å².